The Kier molecular flexibility index (Phi) is 4.92. The van der Waals surface area contributed by atoms with Crippen molar-refractivity contribution in [3.05, 3.63) is 29.3 Å². The lowest BCUT2D eigenvalue weighted by Gasteiger charge is -2.31. The minimum atomic E-state index is -0.513. The number of hydroxylamine groups is 1. The summed E-state index contributed by atoms with van der Waals surface area (Å²) in [4.78, 5) is 16.4. The van der Waals surface area contributed by atoms with Gasteiger partial charge in [0.1, 0.15) is 12.4 Å². The second-order valence-corrected chi connectivity index (χ2v) is 5.98. The van der Waals surface area contributed by atoms with E-state index >= 15 is 0 Å². The lowest BCUT2D eigenvalue weighted by molar-refractivity contribution is 0.0706. The third-order valence-electron chi connectivity index (χ3n) is 4.34. The van der Waals surface area contributed by atoms with E-state index < -0.39 is 5.91 Å². The molecule has 0 radical (unpaired) electrons. The first kappa shape index (κ1) is 15.3. The number of amides is 1. The standard InChI is InChI=1S/C16H23N3O3/c20-16(17-21)13-4-5-14-11-19(8-9-22-15(14)10-13)12-18-6-2-1-3-7-18/h4-5,10,21H,1-3,6-9,11-12H2,(H,17,20). The van der Waals surface area contributed by atoms with Gasteiger partial charge >= 0.3 is 0 Å². The van der Waals surface area contributed by atoms with Crippen molar-refractivity contribution in [2.75, 3.05) is 32.9 Å². The summed E-state index contributed by atoms with van der Waals surface area (Å²) >= 11 is 0. The third-order valence-corrected chi connectivity index (χ3v) is 4.34. The van der Waals surface area contributed by atoms with Crippen molar-refractivity contribution in [3.8, 4) is 5.75 Å². The molecule has 0 bridgehead atoms. The molecule has 1 aromatic carbocycles. The number of hydrogen-bond acceptors (Lipinski definition) is 5. The van der Waals surface area contributed by atoms with Crippen LogP contribution in [0.5, 0.6) is 5.75 Å². The van der Waals surface area contributed by atoms with Crippen LogP contribution in [0.3, 0.4) is 0 Å². The van der Waals surface area contributed by atoms with Gasteiger partial charge in [-0.3, -0.25) is 19.8 Å². The number of fused-ring (bicyclic) bond motifs is 1. The first-order valence-electron chi connectivity index (χ1n) is 7.91. The summed E-state index contributed by atoms with van der Waals surface area (Å²) < 4.78 is 5.78. The Morgan fingerprint density at radius 2 is 2.00 bits per heavy atom. The first-order chi connectivity index (χ1) is 10.8. The molecule has 2 heterocycles. The van der Waals surface area contributed by atoms with Gasteiger partial charge in [-0.25, -0.2) is 5.48 Å². The molecule has 6 nitrogen and oxygen atoms in total. The normalized spacial score (nSPS) is 19.9. The van der Waals surface area contributed by atoms with Gasteiger partial charge in [0.25, 0.3) is 5.91 Å². The molecule has 0 aromatic heterocycles. The van der Waals surface area contributed by atoms with Gasteiger partial charge < -0.3 is 4.74 Å². The molecule has 0 aliphatic carbocycles. The molecule has 1 fully saturated rings. The Balaban J connectivity index is 1.68. The molecule has 3 rings (SSSR count). The molecule has 0 unspecified atom stereocenters. The fourth-order valence-electron chi connectivity index (χ4n) is 3.13. The number of nitrogens with one attached hydrogen (secondary N) is 1. The maximum absolute atomic E-state index is 11.5. The van der Waals surface area contributed by atoms with Gasteiger partial charge in [0.15, 0.2) is 0 Å². The van der Waals surface area contributed by atoms with Crippen LogP contribution in [0.2, 0.25) is 0 Å². The summed E-state index contributed by atoms with van der Waals surface area (Å²) in [6, 6.07) is 5.33. The largest absolute Gasteiger partial charge is 0.492 e. The maximum atomic E-state index is 11.5. The van der Waals surface area contributed by atoms with Gasteiger partial charge in [-0.15, -0.1) is 0 Å². The zero-order valence-electron chi connectivity index (χ0n) is 12.8. The van der Waals surface area contributed by atoms with Gasteiger partial charge in [-0.1, -0.05) is 12.5 Å². The highest BCUT2D eigenvalue weighted by Crippen LogP contribution is 2.25. The van der Waals surface area contributed by atoms with Crippen LogP contribution in [0, 0.1) is 0 Å². The van der Waals surface area contributed by atoms with Gasteiger partial charge in [0.2, 0.25) is 0 Å². The number of piperidine rings is 1. The van der Waals surface area contributed by atoms with Crippen LogP contribution in [-0.2, 0) is 6.54 Å². The monoisotopic (exact) mass is 305 g/mol. The summed E-state index contributed by atoms with van der Waals surface area (Å²) in [7, 11) is 0. The molecule has 120 valence electrons. The number of ether oxygens (including phenoxy) is 1. The van der Waals surface area contributed by atoms with Crippen LogP contribution in [-0.4, -0.2) is 53.8 Å². The maximum Gasteiger partial charge on any atom is 0.274 e. The predicted octanol–water partition coefficient (Wildman–Crippen LogP) is 1.44. The number of hydrogen-bond donors (Lipinski definition) is 2. The van der Waals surface area contributed by atoms with Crippen molar-refractivity contribution in [2.24, 2.45) is 0 Å². The van der Waals surface area contributed by atoms with Crippen molar-refractivity contribution in [2.45, 2.75) is 25.8 Å². The second kappa shape index (κ2) is 7.09. The van der Waals surface area contributed by atoms with E-state index in [4.69, 9.17) is 9.94 Å². The van der Waals surface area contributed by atoms with Gasteiger partial charge in [0.05, 0.1) is 6.67 Å². The Morgan fingerprint density at radius 3 is 2.77 bits per heavy atom. The Morgan fingerprint density at radius 1 is 1.18 bits per heavy atom. The Labute approximate surface area is 130 Å². The molecule has 2 aliphatic rings. The Bertz CT molecular complexity index is 529. The molecule has 0 atom stereocenters. The highest BCUT2D eigenvalue weighted by Gasteiger charge is 2.20. The van der Waals surface area contributed by atoms with Crippen LogP contribution >= 0.6 is 0 Å². The van der Waals surface area contributed by atoms with Gasteiger partial charge in [-0.2, -0.15) is 0 Å². The van der Waals surface area contributed by atoms with E-state index in [0.29, 0.717) is 12.2 Å². The molecular weight excluding hydrogens is 282 g/mol. The predicted molar refractivity (Wildman–Crippen MR) is 81.9 cm³/mol. The smallest absolute Gasteiger partial charge is 0.274 e. The highest BCUT2D eigenvalue weighted by molar-refractivity contribution is 5.93. The van der Waals surface area contributed by atoms with E-state index in [2.05, 4.69) is 9.80 Å². The number of carbonyl (C=O) groups excluding carboxylic acids is 1. The van der Waals surface area contributed by atoms with Crippen LogP contribution in [0.4, 0.5) is 0 Å². The summed E-state index contributed by atoms with van der Waals surface area (Å²) in [6.07, 6.45) is 3.93. The highest BCUT2D eigenvalue weighted by atomic mass is 16.5. The quantitative estimate of drug-likeness (QED) is 0.653. The number of likely N-dealkylation sites (tertiary alicyclic amines) is 1. The number of benzene rings is 1. The zero-order valence-corrected chi connectivity index (χ0v) is 12.8. The summed E-state index contributed by atoms with van der Waals surface area (Å²) in [5, 5.41) is 8.72. The summed E-state index contributed by atoms with van der Waals surface area (Å²) in [6.45, 7) is 5.66. The number of carbonyl (C=O) groups is 1. The minimum absolute atomic E-state index is 0.408. The molecular formula is C16H23N3O3. The number of rotatable bonds is 3. The molecule has 1 saturated heterocycles. The van der Waals surface area contributed by atoms with Crippen LogP contribution in [0.15, 0.2) is 18.2 Å². The molecule has 0 saturated carbocycles. The minimum Gasteiger partial charge on any atom is -0.492 e. The molecule has 0 spiro atoms. The van der Waals surface area contributed by atoms with Crippen LogP contribution < -0.4 is 10.2 Å². The van der Waals surface area contributed by atoms with E-state index in [1.54, 1.807) is 17.6 Å². The average molecular weight is 305 g/mol. The van der Waals surface area contributed by atoms with E-state index in [1.165, 1.54) is 32.4 Å². The van der Waals surface area contributed by atoms with Crippen molar-refractivity contribution in [1.82, 2.24) is 15.3 Å². The molecule has 22 heavy (non-hydrogen) atoms. The number of nitrogens with zero attached hydrogens (tertiary/aromatic N) is 2. The fraction of sp³-hybridized carbons (Fsp3) is 0.562. The SMILES string of the molecule is O=C(NO)c1ccc2c(c1)OCCN(CN1CCCCC1)C2. The molecule has 2 aliphatic heterocycles. The van der Waals surface area contributed by atoms with E-state index in [0.717, 1.165) is 31.1 Å². The molecule has 1 amide bonds. The van der Waals surface area contributed by atoms with E-state index in [1.807, 2.05) is 6.07 Å². The van der Waals surface area contributed by atoms with Crippen LogP contribution in [0.1, 0.15) is 35.2 Å². The second-order valence-electron chi connectivity index (χ2n) is 5.98. The van der Waals surface area contributed by atoms with Crippen molar-refractivity contribution < 1.29 is 14.7 Å². The lowest BCUT2D eigenvalue weighted by Crippen LogP contribution is -2.41. The van der Waals surface area contributed by atoms with Crippen molar-refractivity contribution >= 4 is 5.91 Å². The summed E-state index contributed by atoms with van der Waals surface area (Å²) in [5.41, 5.74) is 3.15. The van der Waals surface area contributed by atoms with E-state index in [-0.39, 0.29) is 0 Å². The molecule has 6 heteroatoms. The van der Waals surface area contributed by atoms with E-state index in [9.17, 15) is 4.79 Å². The van der Waals surface area contributed by atoms with Crippen molar-refractivity contribution in [3.63, 3.8) is 0 Å². The van der Waals surface area contributed by atoms with Gasteiger partial charge in [-0.05, 0) is 38.1 Å². The van der Waals surface area contributed by atoms with Gasteiger partial charge in [0, 0.05) is 24.2 Å². The molecule has 1 aromatic rings. The first-order valence-corrected chi connectivity index (χ1v) is 7.91. The van der Waals surface area contributed by atoms with Crippen LogP contribution in [0.25, 0.3) is 0 Å². The zero-order chi connectivity index (χ0) is 15.4. The Hall–Kier alpha value is -1.63. The lowest BCUT2D eigenvalue weighted by atomic mass is 10.1. The topological polar surface area (TPSA) is 65.0 Å². The fourth-order valence-corrected chi connectivity index (χ4v) is 3.13. The molecule has 2 N–H and O–H groups in total. The summed E-state index contributed by atoms with van der Waals surface area (Å²) in [5.74, 6) is 0.225. The third kappa shape index (κ3) is 3.58. The average Bonchev–Trinajstić information content (AvgIpc) is 2.76. The van der Waals surface area contributed by atoms with Crippen molar-refractivity contribution in [1.29, 1.82) is 0 Å².